The third-order valence-corrected chi connectivity index (χ3v) is 4.08. The van der Waals surface area contributed by atoms with Crippen LogP contribution in [0.15, 0.2) is 24.5 Å². The van der Waals surface area contributed by atoms with Crippen LogP contribution in [0.1, 0.15) is 18.4 Å². The molecule has 0 aromatic carbocycles. The second kappa shape index (κ2) is 6.24. The summed E-state index contributed by atoms with van der Waals surface area (Å²) >= 11 is 0. The van der Waals surface area contributed by atoms with Crippen LogP contribution in [-0.2, 0) is 11.3 Å². The number of hydrogen-bond donors (Lipinski definition) is 3. The highest BCUT2D eigenvalue weighted by Crippen LogP contribution is 2.16. The highest BCUT2D eigenvalue weighted by atomic mass is 16.1. The number of hydrogen-bond acceptors (Lipinski definition) is 4. The molecule has 3 rings (SSSR count). The summed E-state index contributed by atoms with van der Waals surface area (Å²) in [4.78, 5) is 20.5. The first-order valence-electron chi connectivity index (χ1n) is 7.37. The number of aromatic nitrogens is 2. The third-order valence-electron chi connectivity index (χ3n) is 4.08. The first-order valence-corrected chi connectivity index (χ1v) is 7.37. The number of carbonyl (C=O) groups excluding carboxylic acids is 1. The van der Waals surface area contributed by atoms with Crippen LogP contribution in [0.25, 0.3) is 11.0 Å². The van der Waals surface area contributed by atoms with Gasteiger partial charge in [-0.2, -0.15) is 0 Å². The van der Waals surface area contributed by atoms with E-state index in [1.807, 2.05) is 12.3 Å². The van der Waals surface area contributed by atoms with Gasteiger partial charge in [0.1, 0.15) is 5.65 Å². The number of carbonyl (C=O) groups is 1. The minimum absolute atomic E-state index is 0.243. The zero-order valence-corrected chi connectivity index (χ0v) is 12.0. The Hall–Kier alpha value is -1.92. The average Bonchev–Trinajstić information content (AvgIpc) is 2.89. The molecule has 0 unspecified atom stereocenters. The molecule has 1 fully saturated rings. The van der Waals surface area contributed by atoms with Gasteiger partial charge >= 0.3 is 0 Å². The van der Waals surface area contributed by atoms with Crippen molar-refractivity contribution < 1.29 is 4.79 Å². The van der Waals surface area contributed by atoms with E-state index in [-0.39, 0.29) is 5.91 Å². The zero-order chi connectivity index (χ0) is 14.7. The van der Waals surface area contributed by atoms with Gasteiger partial charge in [-0.05, 0) is 30.5 Å². The molecule has 2 aromatic heterocycles. The van der Waals surface area contributed by atoms with Gasteiger partial charge < -0.3 is 16.0 Å². The summed E-state index contributed by atoms with van der Waals surface area (Å²) in [5.41, 5.74) is 7.41. The van der Waals surface area contributed by atoms with Gasteiger partial charge in [-0.3, -0.25) is 9.69 Å². The zero-order valence-electron chi connectivity index (χ0n) is 12.0. The highest BCUT2D eigenvalue weighted by Gasteiger charge is 2.19. The van der Waals surface area contributed by atoms with E-state index in [1.54, 1.807) is 6.20 Å². The monoisotopic (exact) mass is 287 g/mol. The Balaban J connectivity index is 1.51. The van der Waals surface area contributed by atoms with Crippen molar-refractivity contribution in [2.45, 2.75) is 25.4 Å². The number of aromatic amines is 1. The Morgan fingerprint density at radius 3 is 3.05 bits per heavy atom. The van der Waals surface area contributed by atoms with E-state index < -0.39 is 0 Å². The Labute approximate surface area is 123 Å². The first kappa shape index (κ1) is 14.0. The number of primary amides is 1. The molecule has 0 saturated carbocycles. The molecule has 1 saturated heterocycles. The number of nitrogens with two attached hydrogens (primary N) is 1. The number of amides is 1. The van der Waals surface area contributed by atoms with Crippen molar-refractivity contribution in [3.63, 3.8) is 0 Å². The molecule has 1 aliphatic heterocycles. The van der Waals surface area contributed by atoms with E-state index in [2.05, 4.69) is 26.3 Å². The van der Waals surface area contributed by atoms with Crippen molar-refractivity contribution >= 4 is 16.9 Å². The fraction of sp³-hybridized carbons (Fsp3) is 0.467. The van der Waals surface area contributed by atoms with E-state index in [1.165, 1.54) is 10.9 Å². The second-order valence-electron chi connectivity index (χ2n) is 5.61. The van der Waals surface area contributed by atoms with Gasteiger partial charge in [0.25, 0.3) is 0 Å². The lowest BCUT2D eigenvalue weighted by Gasteiger charge is -2.31. The molecule has 0 aliphatic carbocycles. The summed E-state index contributed by atoms with van der Waals surface area (Å²) in [7, 11) is 0. The lowest BCUT2D eigenvalue weighted by atomic mass is 10.0. The van der Waals surface area contributed by atoms with Crippen LogP contribution in [0, 0.1) is 0 Å². The molecule has 0 radical (unpaired) electrons. The van der Waals surface area contributed by atoms with Crippen LogP contribution in [0.4, 0.5) is 0 Å². The maximum Gasteiger partial charge on any atom is 0.231 e. The van der Waals surface area contributed by atoms with Gasteiger partial charge in [0.15, 0.2) is 0 Å². The van der Waals surface area contributed by atoms with E-state index in [9.17, 15) is 4.79 Å². The summed E-state index contributed by atoms with van der Waals surface area (Å²) in [5, 5.41) is 4.78. The minimum atomic E-state index is -0.243. The van der Waals surface area contributed by atoms with Crippen LogP contribution >= 0.6 is 0 Å². The number of pyridine rings is 1. The lowest BCUT2D eigenvalue weighted by Crippen LogP contribution is -2.45. The molecule has 1 amide bonds. The van der Waals surface area contributed by atoms with E-state index in [0.717, 1.165) is 38.1 Å². The van der Waals surface area contributed by atoms with E-state index in [0.29, 0.717) is 12.6 Å². The van der Waals surface area contributed by atoms with Crippen molar-refractivity contribution in [2.24, 2.45) is 5.73 Å². The molecule has 2 aromatic rings. The molecule has 1 aliphatic rings. The normalized spacial score (nSPS) is 17.3. The molecule has 4 N–H and O–H groups in total. The number of nitrogens with zero attached hydrogens (tertiary/aromatic N) is 2. The number of fused-ring (bicyclic) bond motifs is 1. The molecule has 3 heterocycles. The smallest absolute Gasteiger partial charge is 0.231 e. The molecule has 6 heteroatoms. The van der Waals surface area contributed by atoms with Gasteiger partial charge in [0.2, 0.25) is 5.91 Å². The van der Waals surface area contributed by atoms with Gasteiger partial charge in [-0.15, -0.1) is 0 Å². The highest BCUT2D eigenvalue weighted by molar-refractivity contribution is 5.79. The molecule has 112 valence electrons. The van der Waals surface area contributed by atoms with Crippen molar-refractivity contribution in [3.05, 3.63) is 30.1 Å². The third kappa shape index (κ3) is 3.40. The number of rotatable bonds is 5. The number of piperidine rings is 1. The van der Waals surface area contributed by atoms with Gasteiger partial charge in [-0.1, -0.05) is 0 Å². The number of likely N-dealkylation sites (tertiary alicyclic amines) is 1. The second-order valence-corrected chi connectivity index (χ2v) is 5.61. The molecular formula is C15H21N5O. The predicted octanol–water partition coefficient (Wildman–Crippen LogP) is 0.602. The SMILES string of the molecule is NC(=O)CN1CCC(NCc2c[nH]c3ncccc23)CC1. The van der Waals surface area contributed by atoms with Gasteiger partial charge in [0.05, 0.1) is 6.54 Å². The fourth-order valence-electron chi connectivity index (χ4n) is 2.93. The van der Waals surface area contributed by atoms with Gasteiger partial charge in [-0.25, -0.2) is 4.98 Å². The Morgan fingerprint density at radius 2 is 2.29 bits per heavy atom. The summed E-state index contributed by atoms with van der Waals surface area (Å²) in [5.74, 6) is -0.243. The Bertz CT molecular complexity index is 615. The summed E-state index contributed by atoms with van der Waals surface area (Å²) in [6.07, 6.45) is 5.92. The van der Waals surface area contributed by atoms with Crippen LogP contribution in [0.2, 0.25) is 0 Å². The standard InChI is InChI=1S/C15H21N5O/c16-14(21)10-20-6-3-12(4-7-20)18-8-11-9-19-15-13(11)2-1-5-17-15/h1-2,5,9,12,18H,3-4,6-8,10H2,(H2,16,21)(H,17,19). The lowest BCUT2D eigenvalue weighted by molar-refractivity contribution is -0.119. The quantitative estimate of drug-likeness (QED) is 0.751. The Kier molecular flexibility index (Phi) is 4.17. The van der Waals surface area contributed by atoms with Crippen molar-refractivity contribution in [1.82, 2.24) is 20.2 Å². The maximum atomic E-state index is 10.9. The molecule has 0 bridgehead atoms. The number of nitrogens with one attached hydrogen (secondary N) is 2. The molecule has 6 nitrogen and oxygen atoms in total. The fourth-order valence-corrected chi connectivity index (χ4v) is 2.93. The van der Waals surface area contributed by atoms with Crippen LogP contribution in [-0.4, -0.2) is 46.5 Å². The summed E-state index contributed by atoms with van der Waals surface area (Å²) < 4.78 is 0. The largest absolute Gasteiger partial charge is 0.369 e. The van der Waals surface area contributed by atoms with Crippen LogP contribution in [0.3, 0.4) is 0 Å². The average molecular weight is 287 g/mol. The van der Waals surface area contributed by atoms with Crippen LogP contribution < -0.4 is 11.1 Å². The first-order chi connectivity index (χ1) is 10.2. The van der Waals surface area contributed by atoms with Crippen molar-refractivity contribution in [2.75, 3.05) is 19.6 Å². The predicted molar refractivity (Wildman–Crippen MR) is 81.6 cm³/mol. The number of H-pyrrole nitrogens is 1. The molecule has 0 spiro atoms. The van der Waals surface area contributed by atoms with Crippen molar-refractivity contribution in [3.8, 4) is 0 Å². The Morgan fingerprint density at radius 1 is 1.48 bits per heavy atom. The molecular weight excluding hydrogens is 266 g/mol. The van der Waals surface area contributed by atoms with E-state index in [4.69, 9.17) is 5.73 Å². The summed E-state index contributed by atoms with van der Waals surface area (Å²) in [6.45, 7) is 3.07. The minimum Gasteiger partial charge on any atom is -0.369 e. The topological polar surface area (TPSA) is 87.0 Å². The van der Waals surface area contributed by atoms with E-state index >= 15 is 0 Å². The summed E-state index contributed by atoms with van der Waals surface area (Å²) in [6, 6.07) is 4.54. The van der Waals surface area contributed by atoms with Crippen LogP contribution in [0.5, 0.6) is 0 Å². The molecule has 21 heavy (non-hydrogen) atoms. The van der Waals surface area contributed by atoms with Crippen molar-refractivity contribution in [1.29, 1.82) is 0 Å². The maximum absolute atomic E-state index is 10.9. The molecule has 0 atom stereocenters. The van der Waals surface area contributed by atoms with Gasteiger partial charge in [0, 0.05) is 43.5 Å².